The zero-order chi connectivity index (χ0) is 20.6. The molecular formula is C23H28FN3O2. The van der Waals surface area contributed by atoms with Crippen LogP contribution >= 0.6 is 0 Å². The lowest BCUT2D eigenvalue weighted by Gasteiger charge is -2.37. The average Bonchev–Trinajstić information content (AvgIpc) is 3.25. The SMILES string of the molecule is CCCN(CCO)C(=O)[C@H]1CCC2=Cc3c(cnn3-c3ccc(F)cc3)C[C@@]21C. The maximum atomic E-state index is 13.3. The van der Waals surface area contributed by atoms with Crippen LogP contribution in [0.4, 0.5) is 4.39 Å². The van der Waals surface area contributed by atoms with Gasteiger partial charge >= 0.3 is 0 Å². The molecule has 2 aliphatic carbocycles. The number of halogens is 1. The maximum Gasteiger partial charge on any atom is 0.226 e. The number of aromatic nitrogens is 2. The highest BCUT2D eigenvalue weighted by Gasteiger charge is 2.49. The Morgan fingerprint density at radius 1 is 1.34 bits per heavy atom. The molecule has 1 N–H and O–H groups in total. The van der Waals surface area contributed by atoms with Crippen LogP contribution in [0, 0.1) is 17.2 Å². The number of benzene rings is 1. The van der Waals surface area contributed by atoms with E-state index in [1.807, 2.05) is 15.8 Å². The van der Waals surface area contributed by atoms with Gasteiger partial charge in [0.15, 0.2) is 0 Å². The molecule has 2 aliphatic rings. The topological polar surface area (TPSA) is 58.4 Å². The molecule has 2 atom stereocenters. The molecule has 1 fully saturated rings. The van der Waals surface area contributed by atoms with Crippen LogP contribution in [-0.2, 0) is 11.2 Å². The van der Waals surface area contributed by atoms with E-state index in [4.69, 9.17) is 0 Å². The van der Waals surface area contributed by atoms with Crippen LogP contribution in [0.25, 0.3) is 11.8 Å². The average molecular weight is 397 g/mol. The maximum absolute atomic E-state index is 13.3. The van der Waals surface area contributed by atoms with Gasteiger partial charge in [0.1, 0.15) is 5.82 Å². The second kappa shape index (κ2) is 7.75. The summed E-state index contributed by atoms with van der Waals surface area (Å²) in [5.41, 5.74) is 4.04. The first-order chi connectivity index (χ1) is 14.0. The molecule has 4 rings (SSSR count). The molecule has 6 heteroatoms. The van der Waals surface area contributed by atoms with Crippen molar-refractivity contribution in [2.45, 2.75) is 39.5 Å². The summed E-state index contributed by atoms with van der Waals surface area (Å²) < 4.78 is 15.1. The summed E-state index contributed by atoms with van der Waals surface area (Å²) in [7, 11) is 0. The molecule has 0 aliphatic heterocycles. The molecule has 154 valence electrons. The predicted molar refractivity (Wildman–Crippen MR) is 110 cm³/mol. The van der Waals surface area contributed by atoms with E-state index in [1.165, 1.54) is 17.7 Å². The Bertz CT molecular complexity index is 928. The zero-order valence-corrected chi connectivity index (χ0v) is 17.1. The Hall–Kier alpha value is -2.47. The fourth-order valence-electron chi connectivity index (χ4n) is 4.97. The van der Waals surface area contributed by atoms with Gasteiger partial charge in [0.05, 0.1) is 24.2 Å². The van der Waals surface area contributed by atoms with Gasteiger partial charge in [-0.1, -0.05) is 19.4 Å². The number of fused-ring (bicyclic) bond motifs is 2. The van der Waals surface area contributed by atoms with Crippen molar-refractivity contribution in [2.24, 2.45) is 11.3 Å². The molecule has 1 amide bonds. The number of amides is 1. The lowest BCUT2D eigenvalue weighted by molar-refractivity contribution is -0.138. The number of nitrogens with zero attached hydrogens (tertiary/aromatic N) is 3. The fraction of sp³-hybridized carbons (Fsp3) is 0.478. The molecule has 0 spiro atoms. The monoisotopic (exact) mass is 397 g/mol. The van der Waals surface area contributed by atoms with Gasteiger partial charge in [-0.25, -0.2) is 9.07 Å². The highest BCUT2D eigenvalue weighted by molar-refractivity contribution is 5.82. The summed E-state index contributed by atoms with van der Waals surface area (Å²) in [6.07, 6.45) is 7.42. The van der Waals surface area contributed by atoms with Gasteiger partial charge in [0.2, 0.25) is 5.91 Å². The number of allylic oxidation sites excluding steroid dienone is 1. The van der Waals surface area contributed by atoms with Crippen LogP contribution in [0.15, 0.2) is 36.0 Å². The molecule has 1 heterocycles. The molecule has 5 nitrogen and oxygen atoms in total. The van der Waals surface area contributed by atoms with Gasteiger partial charge in [0, 0.05) is 24.4 Å². The van der Waals surface area contributed by atoms with Crippen LogP contribution < -0.4 is 0 Å². The molecule has 0 radical (unpaired) electrons. The zero-order valence-electron chi connectivity index (χ0n) is 17.1. The van der Waals surface area contributed by atoms with E-state index in [1.54, 1.807) is 12.1 Å². The van der Waals surface area contributed by atoms with Gasteiger partial charge in [-0.2, -0.15) is 5.10 Å². The second-order valence-electron chi connectivity index (χ2n) is 8.35. The predicted octanol–water partition coefficient (Wildman–Crippen LogP) is 3.60. The molecule has 0 unspecified atom stereocenters. The number of carbonyl (C=O) groups is 1. The van der Waals surface area contributed by atoms with E-state index in [-0.39, 0.29) is 29.7 Å². The number of carbonyl (C=O) groups excluding carboxylic acids is 1. The Morgan fingerprint density at radius 3 is 2.79 bits per heavy atom. The number of hydrogen-bond acceptors (Lipinski definition) is 3. The van der Waals surface area contributed by atoms with E-state index >= 15 is 0 Å². The van der Waals surface area contributed by atoms with E-state index in [9.17, 15) is 14.3 Å². The van der Waals surface area contributed by atoms with E-state index in [2.05, 4.69) is 25.0 Å². The normalized spacial score (nSPS) is 22.8. The van der Waals surface area contributed by atoms with Crippen LogP contribution in [-0.4, -0.2) is 45.4 Å². The van der Waals surface area contributed by atoms with Gasteiger partial charge in [-0.05, 0) is 61.6 Å². The largest absolute Gasteiger partial charge is 0.395 e. The smallest absolute Gasteiger partial charge is 0.226 e. The Labute approximate surface area is 170 Å². The Balaban J connectivity index is 1.65. The van der Waals surface area contributed by atoms with Crippen molar-refractivity contribution in [2.75, 3.05) is 19.7 Å². The highest BCUT2D eigenvalue weighted by atomic mass is 19.1. The molecule has 2 aromatic rings. The summed E-state index contributed by atoms with van der Waals surface area (Å²) in [6, 6.07) is 6.34. The molecule has 29 heavy (non-hydrogen) atoms. The second-order valence-corrected chi connectivity index (χ2v) is 8.35. The van der Waals surface area contributed by atoms with Crippen molar-refractivity contribution in [3.8, 4) is 5.69 Å². The third kappa shape index (κ3) is 3.39. The van der Waals surface area contributed by atoms with Gasteiger partial charge in [0.25, 0.3) is 0 Å². The third-order valence-corrected chi connectivity index (χ3v) is 6.50. The fourth-order valence-corrected chi connectivity index (χ4v) is 4.97. The number of aliphatic hydroxyl groups excluding tert-OH is 1. The van der Waals surface area contributed by atoms with Crippen LogP contribution in [0.3, 0.4) is 0 Å². The van der Waals surface area contributed by atoms with E-state index in [0.29, 0.717) is 13.1 Å². The van der Waals surface area contributed by atoms with Crippen LogP contribution in [0.5, 0.6) is 0 Å². The first kappa shape index (κ1) is 19.8. The molecular weight excluding hydrogens is 369 g/mol. The first-order valence-electron chi connectivity index (χ1n) is 10.4. The number of aliphatic hydroxyl groups is 1. The van der Waals surface area contributed by atoms with Gasteiger partial charge < -0.3 is 10.0 Å². The minimum atomic E-state index is -0.266. The molecule has 0 saturated heterocycles. The molecule has 1 saturated carbocycles. The lowest BCUT2D eigenvalue weighted by atomic mass is 9.69. The van der Waals surface area contributed by atoms with Gasteiger partial charge in [-0.15, -0.1) is 0 Å². The van der Waals surface area contributed by atoms with E-state index in [0.717, 1.165) is 42.6 Å². The summed E-state index contributed by atoms with van der Waals surface area (Å²) in [5, 5.41) is 13.9. The third-order valence-electron chi connectivity index (χ3n) is 6.50. The van der Waals surface area contributed by atoms with E-state index < -0.39 is 0 Å². The van der Waals surface area contributed by atoms with Crippen molar-refractivity contribution in [1.82, 2.24) is 14.7 Å². The Kier molecular flexibility index (Phi) is 5.30. The van der Waals surface area contributed by atoms with Crippen molar-refractivity contribution in [3.05, 3.63) is 53.1 Å². The lowest BCUT2D eigenvalue weighted by Crippen LogP contribution is -2.44. The Morgan fingerprint density at radius 2 is 2.10 bits per heavy atom. The van der Waals surface area contributed by atoms with Crippen molar-refractivity contribution in [3.63, 3.8) is 0 Å². The van der Waals surface area contributed by atoms with Crippen LogP contribution in [0.2, 0.25) is 0 Å². The summed E-state index contributed by atoms with van der Waals surface area (Å²) in [6.45, 7) is 5.31. The first-order valence-corrected chi connectivity index (χ1v) is 10.4. The molecule has 1 aromatic carbocycles. The van der Waals surface area contributed by atoms with Crippen molar-refractivity contribution >= 4 is 12.0 Å². The summed E-state index contributed by atoms with van der Waals surface area (Å²) in [5.74, 6) is -0.187. The number of rotatable bonds is 6. The molecule has 1 aromatic heterocycles. The van der Waals surface area contributed by atoms with Gasteiger partial charge in [-0.3, -0.25) is 4.79 Å². The molecule has 0 bridgehead atoms. The standard InChI is InChI=1S/C23H28FN3O2/c1-3-10-26(11-12-28)22(29)20-9-4-17-13-21-16(14-23(17,20)2)15-25-27(21)19-7-5-18(24)6-8-19/h5-8,13,15,20,28H,3-4,9-12,14H2,1-2H3/t20-,23+/m1/s1. The van der Waals surface area contributed by atoms with Crippen molar-refractivity contribution in [1.29, 1.82) is 0 Å². The van der Waals surface area contributed by atoms with Crippen LogP contribution in [0.1, 0.15) is 44.4 Å². The van der Waals surface area contributed by atoms with Crippen molar-refractivity contribution < 1.29 is 14.3 Å². The summed E-state index contributed by atoms with van der Waals surface area (Å²) >= 11 is 0. The minimum absolute atomic E-state index is 0.00748. The quantitative estimate of drug-likeness (QED) is 0.810. The highest BCUT2D eigenvalue weighted by Crippen LogP contribution is 2.53. The number of hydrogen-bond donors (Lipinski definition) is 1. The minimum Gasteiger partial charge on any atom is -0.395 e. The summed E-state index contributed by atoms with van der Waals surface area (Å²) in [4.78, 5) is 15.1.